The molecule has 0 saturated heterocycles. The third-order valence-electron chi connectivity index (χ3n) is 12.5. The van der Waals surface area contributed by atoms with Gasteiger partial charge in [0.2, 0.25) is 0 Å². The maximum atomic E-state index is 10.4. The van der Waals surface area contributed by atoms with Gasteiger partial charge in [-0.25, -0.2) is 4.79 Å². The average Bonchev–Trinajstić information content (AvgIpc) is 3.34. The summed E-state index contributed by atoms with van der Waals surface area (Å²) in [5.41, 5.74) is 9.65. The topological polar surface area (TPSA) is 100 Å². The van der Waals surface area contributed by atoms with Crippen LogP contribution in [0, 0.1) is 46.3 Å². The largest absolute Gasteiger partial charge is 0.480 e. The first-order valence-corrected chi connectivity index (χ1v) is 17.7. The Morgan fingerprint density at radius 2 is 1.64 bits per heavy atom. The van der Waals surface area contributed by atoms with Crippen LogP contribution in [-0.4, -0.2) is 69.0 Å². The summed E-state index contributed by atoms with van der Waals surface area (Å²) >= 11 is 0. The normalized spacial score (nSPS) is 36.5. The highest BCUT2D eigenvalue weighted by atomic mass is 16.6. The minimum absolute atomic E-state index is 0.0979. The molecule has 0 amide bonds. The van der Waals surface area contributed by atoms with Crippen molar-refractivity contribution >= 4 is 5.97 Å². The van der Waals surface area contributed by atoms with Gasteiger partial charge >= 0.3 is 5.97 Å². The average molecular weight is 618 g/mol. The molecule has 0 spiro atoms. The Bertz CT molecular complexity index is 996. The number of fused-ring (bicyclic) bond motifs is 5. The molecule has 0 aliphatic heterocycles. The maximum absolute atomic E-state index is 10.4. The summed E-state index contributed by atoms with van der Waals surface area (Å²) < 4.78 is 22.3. The Morgan fingerprint density at radius 1 is 0.955 bits per heavy atom. The number of carboxylic acid groups (broad SMARTS) is 1. The van der Waals surface area contributed by atoms with Crippen molar-refractivity contribution in [2.75, 3.05) is 46.2 Å². The van der Waals surface area contributed by atoms with Gasteiger partial charge in [0, 0.05) is 5.54 Å². The van der Waals surface area contributed by atoms with Crippen molar-refractivity contribution in [3.63, 3.8) is 0 Å². The predicted octanol–water partition coefficient (Wildman–Crippen LogP) is 7.04. The number of aliphatic carboxylic acids is 1. The molecule has 0 bridgehead atoms. The minimum Gasteiger partial charge on any atom is -0.480 e. The molecule has 0 radical (unpaired) electrons. The van der Waals surface area contributed by atoms with Gasteiger partial charge < -0.3 is 29.8 Å². The summed E-state index contributed by atoms with van der Waals surface area (Å²) in [5, 5.41) is 8.55. The van der Waals surface area contributed by atoms with Crippen LogP contribution in [0.5, 0.6) is 0 Å². The highest BCUT2D eigenvalue weighted by Gasteiger charge is 2.64. The van der Waals surface area contributed by atoms with Gasteiger partial charge in [-0.2, -0.15) is 0 Å². The monoisotopic (exact) mass is 617 g/mol. The van der Waals surface area contributed by atoms with Gasteiger partial charge in [0.05, 0.1) is 45.7 Å². The number of hydrogen-bond donors (Lipinski definition) is 2. The number of ether oxygens (including phenoxy) is 4. The van der Waals surface area contributed by atoms with Gasteiger partial charge in [-0.1, -0.05) is 65.3 Å². The molecule has 44 heavy (non-hydrogen) atoms. The molecule has 7 heteroatoms. The summed E-state index contributed by atoms with van der Waals surface area (Å²) in [6.45, 7) is 17.0. The van der Waals surface area contributed by atoms with Gasteiger partial charge in [-0.05, 0) is 104 Å². The number of allylic oxidation sites excluding steroid dienone is 2. The lowest BCUT2D eigenvalue weighted by Crippen LogP contribution is -2.66. The van der Waals surface area contributed by atoms with E-state index < -0.39 is 5.97 Å². The van der Waals surface area contributed by atoms with Crippen LogP contribution in [0.25, 0.3) is 0 Å². The number of nitrogens with two attached hydrogens (primary N) is 1. The number of carbonyl (C=O) groups is 1. The van der Waals surface area contributed by atoms with E-state index in [0.717, 1.165) is 31.6 Å². The van der Waals surface area contributed by atoms with Crippen molar-refractivity contribution in [1.29, 1.82) is 0 Å². The summed E-state index contributed by atoms with van der Waals surface area (Å²) in [7, 11) is 0. The first-order chi connectivity index (χ1) is 21.0. The fourth-order valence-electron chi connectivity index (χ4n) is 10.0. The van der Waals surface area contributed by atoms with Gasteiger partial charge in [0.1, 0.15) is 6.61 Å². The molecule has 252 valence electrons. The molecular formula is C37H63NO6. The second kappa shape index (κ2) is 15.6. The molecule has 4 aliphatic carbocycles. The van der Waals surface area contributed by atoms with Crippen LogP contribution in [-0.2, 0) is 23.7 Å². The van der Waals surface area contributed by atoms with Crippen molar-refractivity contribution in [3.05, 3.63) is 23.8 Å². The highest BCUT2D eigenvalue weighted by Crippen LogP contribution is 2.68. The van der Waals surface area contributed by atoms with Crippen LogP contribution in [0.4, 0.5) is 0 Å². The number of hydrogen-bond acceptors (Lipinski definition) is 6. The Kier molecular flexibility index (Phi) is 12.6. The van der Waals surface area contributed by atoms with E-state index in [-0.39, 0.29) is 30.3 Å². The van der Waals surface area contributed by atoms with E-state index >= 15 is 0 Å². The maximum Gasteiger partial charge on any atom is 0.329 e. The molecule has 3 fully saturated rings. The third kappa shape index (κ3) is 7.82. The van der Waals surface area contributed by atoms with Crippen molar-refractivity contribution < 1.29 is 28.8 Å². The second-order valence-electron chi connectivity index (χ2n) is 15.3. The van der Waals surface area contributed by atoms with Gasteiger partial charge in [-0.3, -0.25) is 0 Å². The van der Waals surface area contributed by atoms with Crippen LogP contribution >= 0.6 is 0 Å². The smallest absolute Gasteiger partial charge is 0.329 e. The molecule has 1 unspecified atom stereocenters. The van der Waals surface area contributed by atoms with E-state index in [1.54, 1.807) is 5.57 Å². The van der Waals surface area contributed by atoms with Crippen LogP contribution < -0.4 is 5.73 Å². The van der Waals surface area contributed by atoms with Crippen molar-refractivity contribution in [3.8, 4) is 0 Å². The quantitative estimate of drug-likeness (QED) is 0.133. The Hall–Kier alpha value is -1.25. The zero-order valence-electron chi connectivity index (χ0n) is 28.7. The van der Waals surface area contributed by atoms with E-state index in [9.17, 15) is 4.79 Å². The standard InChI is InChI=1S/C37H63NO6/c1-7-28(26(2)3)9-8-27(4)31-10-11-32-36(31,6)16-14-33-35(5)15-13-30(24-29(35)12-17-37(32,33)38)44-23-22-42-19-18-41-20-21-43-25-34(39)40/h8-9,12,26-28,30-33H,7,10-11,13-25,38H2,1-6H3,(H,39,40)/b9-8+/t27-,28-,30+,31-,32?,33+,35+,36-,37-/m1/s1. The minimum atomic E-state index is -0.970. The molecule has 3 N–H and O–H groups in total. The highest BCUT2D eigenvalue weighted by molar-refractivity contribution is 5.67. The summed E-state index contributed by atoms with van der Waals surface area (Å²) in [5.74, 6) is 2.90. The van der Waals surface area contributed by atoms with Crippen LogP contribution in [0.15, 0.2) is 23.8 Å². The fourth-order valence-corrected chi connectivity index (χ4v) is 10.0. The van der Waals surface area contributed by atoms with Crippen LogP contribution in [0.3, 0.4) is 0 Å². The van der Waals surface area contributed by atoms with Crippen molar-refractivity contribution in [2.45, 2.75) is 111 Å². The van der Waals surface area contributed by atoms with Crippen molar-refractivity contribution in [2.24, 2.45) is 52.1 Å². The Morgan fingerprint density at radius 3 is 2.30 bits per heavy atom. The first kappa shape index (κ1) is 35.6. The Labute approximate surface area is 267 Å². The first-order valence-electron chi connectivity index (χ1n) is 17.7. The third-order valence-corrected chi connectivity index (χ3v) is 12.5. The summed E-state index contributed by atoms with van der Waals surface area (Å²) in [6, 6.07) is 0. The molecule has 3 saturated carbocycles. The lowest BCUT2D eigenvalue weighted by atomic mass is 9.44. The molecule has 0 aromatic heterocycles. The van der Waals surface area contributed by atoms with E-state index in [1.807, 2.05) is 0 Å². The molecule has 0 aromatic carbocycles. The number of rotatable bonds is 17. The summed E-state index contributed by atoms with van der Waals surface area (Å²) in [4.78, 5) is 10.4. The van der Waals surface area contributed by atoms with E-state index in [1.165, 1.54) is 32.1 Å². The fraction of sp³-hybridized carbons (Fsp3) is 0.865. The molecule has 9 atom stereocenters. The molecular weight excluding hydrogens is 554 g/mol. The lowest BCUT2D eigenvalue weighted by molar-refractivity contribution is -0.142. The molecule has 4 rings (SSSR count). The van der Waals surface area contributed by atoms with Gasteiger partial charge in [0.25, 0.3) is 0 Å². The van der Waals surface area contributed by atoms with E-state index in [2.05, 4.69) is 59.8 Å². The SMILES string of the molecule is CC[C@H](/C=C/[C@@H](C)[C@H]1CCC2[C@]1(C)CC[C@H]1[C@@]3(C)CC[C@H](OCCOCCOCCOCC(=O)O)CC3=CC[C@@]21N)C(C)C. The lowest BCUT2D eigenvalue weighted by Gasteiger charge is -2.63. The number of carboxylic acids is 1. The molecule has 4 aliphatic rings. The predicted molar refractivity (Wildman–Crippen MR) is 175 cm³/mol. The molecule has 0 aromatic rings. The second-order valence-corrected chi connectivity index (χ2v) is 15.3. The molecule has 7 nitrogen and oxygen atoms in total. The zero-order valence-corrected chi connectivity index (χ0v) is 28.7. The van der Waals surface area contributed by atoms with E-state index in [0.29, 0.717) is 68.0 Å². The molecule has 0 heterocycles. The summed E-state index contributed by atoms with van der Waals surface area (Å²) in [6.07, 6.45) is 18.5. The Balaban J connectivity index is 1.26. The van der Waals surface area contributed by atoms with Crippen LogP contribution in [0.1, 0.15) is 99.3 Å². The van der Waals surface area contributed by atoms with Gasteiger partial charge in [-0.15, -0.1) is 0 Å². The van der Waals surface area contributed by atoms with E-state index in [4.69, 9.17) is 29.8 Å². The van der Waals surface area contributed by atoms with Crippen LogP contribution in [0.2, 0.25) is 0 Å². The zero-order chi connectivity index (χ0) is 32.0. The van der Waals surface area contributed by atoms with Crippen molar-refractivity contribution in [1.82, 2.24) is 0 Å². The van der Waals surface area contributed by atoms with Gasteiger partial charge in [0.15, 0.2) is 0 Å².